The van der Waals surface area contributed by atoms with Crippen molar-refractivity contribution in [2.24, 2.45) is 23.2 Å². The van der Waals surface area contributed by atoms with Gasteiger partial charge in [0.05, 0.1) is 16.3 Å². The Labute approximate surface area is 180 Å². The summed E-state index contributed by atoms with van der Waals surface area (Å²) in [6, 6.07) is 3.05. The highest BCUT2D eigenvalue weighted by Gasteiger charge is 2.54. The zero-order valence-corrected chi connectivity index (χ0v) is 18.1. The van der Waals surface area contributed by atoms with Gasteiger partial charge in [-0.3, -0.25) is 9.59 Å². The molecule has 1 aromatic rings. The molecular formula is C21H25ClFNO5S. The van der Waals surface area contributed by atoms with Gasteiger partial charge in [0.2, 0.25) is 10.0 Å². The molecule has 0 atom stereocenters. The molecule has 4 bridgehead atoms. The van der Waals surface area contributed by atoms with Crippen LogP contribution in [0.15, 0.2) is 23.1 Å². The monoisotopic (exact) mass is 457 g/mol. The number of halogens is 2. The van der Waals surface area contributed by atoms with Crippen molar-refractivity contribution in [3.05, 3.63) is 29.0 Å². The molecule has 0 spiro atoms. The van der Waals surface area contributed by atoms with E-state index in [1.165, 1.54) is 19.3 Å². The van der Waals surface area contributed by atoms with Crippen LogP contribution in [0.25, 0.3) is 0 Å². The van der Waals surface area contributed by atoms with Crippen LogP contribution in [0.4, 0.5) is 4.39 Å². The second-order valence-corrected chi connectivity index (χ2v) is 11.2. The predicted octanol–water partition coefficient (Wildman–Crippen LogP) is 3.48. The number of ketones is 1. The van der Waals surface area contributed by atoms with Gasteiger partial charge in [0.25, 0.3) is 0 Å². The van der Waals surface area contributed by atoms with Gasteiger partial charge < -0.3 is 4.74 Å². The van der Waals surface area contributed by atoms with E-state index in [0.717, 1.165) is 37.5 Å². The van der Waals surface area contributed by atoms with E-state index in [1.807, 2.05) is 0 Å². The van der Waals surface area contributed by atoms with Crippen LogP contribution in [0.3, 0.4) is 0 Å². The molecule has 6 nitrogen and oxygen atoms in total. The third-order valence-electron chi connectivity index (χ3n) is 6.82. The van der Waals surface area contributed by atoms with Crippen molar-refractivity contribution in [2.75, 3.05) is 13.2 Å². The highest BCUT2D eigenvalue weighted by Crippen LogP contribution is 2.60. The largest absolute Gasteiger partial charge is 0.458 e. The molecule has 5 rings (SSSR count). The molecule has 0 radical (unpaired) electrons. The first-order chi connectivity index (χ1) is 14.2. The third-order valence-corrected chi connectivity index (χ3v) is 8.56. The molecule has 1 aromatic carbocycles. The molecule has 0 heterocycles. The summed E-state index contributed by atoms with van der Waals surface area (Å²) in [5.41, 5.74) is -0.321. The van der Waals surface area contributed by atoms with Crippen LogP contribution in [0.5, 0.6) is 0 Å². The Kier molecular flexibility index (Phi) is 5.94. The molecule has 0 amide bonds. The smallest absolute Gasteiger partial charge is 0.307 e. The number of benzene rings is 1. The zero-order valence-electron chi connectivity index (χ0n) is 16.5. The van der Waals surface area contributed by atoms with Gasteiger partial charge in [-0.15, -0.1) is 0 Å². The molecule has 164 valence electrons. The van der Waals surface area contributed by atoms with E-state index in [-0.39, 0.29) is 40.7 Å². The summed E-state index contributed by atoms with van der Waals surface area (Å²) in [6.07, 6.45) is 6.21. The molecule has 4 aliphatic carbocycles. The molecule has 1 N–H and O–H groups in total. The maximum absolute atomic E-state index is 13.2. The van der Waals surface area contributed by atoms with Crippen LogP contribution < -0.4 is 4.72 Å². The second kappa shape index (κ2) is 8.20. The van der Waals surface area contributed by atoms with Crippen LogP contribution >= 0.6 is 11.6 Å². The molecule has 9 heteroatoms. The topological polar surface area (TPSA) is 89.5 Å². The van der Waals surface area contributed by atoms with Gasteiger partial charge in [0.1, 0.15) is 5.82 Å². The van der Waals surface area contributed by atoms with Gasteiger partial charge in [-0.1, -0.05) is 11.6 Å². The number of carbonyl (C=O) groups excluding carboxylic acids is 2. The number of carbonyl (C=O) groups is 2. The lowest BCUT2D eigenvalue weighted by atomic mass is 9.48. The number of esters is 1. The summed E-state index contributed by atoms with van der Waals surface area (Å²) in [7, 11) is -3.93. The Morgan fingerprint density at radius 3 is 2.30 bits per heavy atom. The van der Waals surface area contributed by atoms with E-state index in [2.05, 4.69) is 4.72 Å². The molecule has 0 aromatic heterocycles. The molecule has 0 unspecified atom stereocenters. The van der Waals surface area contributed by atoms with Crippen molar-refractivity contribution >= 4 is 33.4 Å². The summed E-state index contributed by atoms with van der Waals surface area (Å²) >= 11 is 5.61. The predicted molar refractivity (Wildman–Crippen MR) is 108 cm³/mol. The number of hydrogen-bond acceptors (Lipinski definition) is 5. The van der Waals surface area contributed by atoms with Crippen molar-refractivity contribution in [1.82, 2.24) is 4.72 Å². The van der Waals surface area contributed by atoms with Crippen molar-refractivity contribution in [3.8, 4) is 0 Å². The first-order valence-corrected chi connectivity index (χ1v) is 12.2. The van der Waals surface area contributed by atoms with Crippen LogP contribution in [0.1, 0.15) is 44.9 Å². The van der Waals surface area contributed by atoms with E-state index in [9.17, 15) is 22.4 Å². The Bertz CT molecular complexity index is 929. The standard InChI is InChI=1S/C21H25ClFNO5S/c22-17-8-16(1-2-18(17)23)30(27,28)24-4-3-20(26)29-12-19(25)21-9-13-5-14(10-21)7-15(6-13)11-21/h1-2,8,13-15,24H,3-7,9-12H2. The second-order valence-electron chi connectivity index (χ2n) is 9.01. The number of sulfonamides is 1. The first kappa shape index (κ1) is 21.7. The number of rotatable bonds is 8. The minimum atomic E-state index is -3.93. The Morgan fingerprint density at radius 2 is 1.73 bits per heavy atom. The van der Waals surface area contributed by atoms with E-state index in [0.29, 0.717) is 17.8 Å². The third kappa shape index (κ3) is 4.41. The fourth-order valence-electron chi connectivity index (χ4n) is 5.84. The van der Waals surface area contributed by atoms with E-state index >= 15 is 0 Å². The normalized spacial score (nSPS) is 29.7. The van der Waals surface area contributed by atoms with Gasteiger partial charge >= 0.3 is 5.97 Å². The summed E-state index contributed by atoms with van der Waals surface area (Å²) < 4.78 is 45.0. The average Bonchev–Trinajstić information content (AvgIpc) is 2.67. The number of nitrogens with one attached hydrogen (secondary N) is 1. The van der Waals surface area contributed by atoms with Crippen LogP contribution in [-0.2, 0) is 24.3 Å². The molecule has 0 aliphatic heterocycles. The van der Waals surface area contributed by atoms with Gasteiger partial charge in [-0.25, -0.2) is 17.5 Å². The van der Waals surface area contributed by atoms with Crippen molar-refractivity contribution in [2.45, 2.75) is 49.8 Å². The fraction of sp³-hybridized carbons (Fsp3) is 0.619. The number of ether oxygens (including phenoxy) is 1. The summed E-state index contributed by atoms with van der Waals surface area (Å²) in [6.45, 7) is -0.437. The zero-order chi connectivity index (χ0) is 21.5. The molecule has 4 saturated carbocycles. The Balaban J connectivity index is 1.24. The Hall–Kier alpha value is -1.51. The molecule has 4 fully saturated rings. The van der Waals surface area contributed by atoms with Gasteiger partial charge in [0, 0.05) is 12.0 Å². The van der Waals surface area contributed by atoms with Crippen LogP contribution in [0.2, 0.25) is 5.02 Å². The lowest BCUT2D eigenvalue weighted by Gasteiger charge is -2.55. The maximum atomic E-state index is 13.2. The van der Waals surface area contributed by atoms with Crippen molar-refractivity contribution in [3.63, 3.8) is 0 Å². The minimum absolute atomic E-state index is 0.0106. The van der Waals surface area contributed by atoms with Gasteiger partial charge in [0.15, 0.2) is 12.4 Å². The van der Waals surface area contributed by atoms with E-state index < -0.39 is 21.8 Å². The highest BCUT2D eigenvalue weighted by molar-refractivity contribution is 7.89. The molecule has 30 heavy (non-hydrogen) atoms. The molecule has 4 aliphatic rings. The molecular weight excluding hydrogens is 433 g/mol. The lowest BCUT2D eigenvalue weighted by molar-refractivity contribution is -0.157. The maximum Gasteiger partial charge on any atom is 0.307 e. The van der Waals surface area contributed by atoms with E-state index in [4.69, 9.17) is 16.3 Å². The van der Waals surface area contributed by atoms with E-state index in [1.54, 1.807) is 0 Å². The summed E-state index contributed by atoms with van der Waals surface area (Å²) in [5.74, 6) is 0.549. The van der Waals surface area contributed by atoms with Crippen LogP contribution in [-0.4, -0.2) is 33.3 Å². The SMILES string of the molecule is O=C(CCNS(=O)(=O)c1ccc(F)c(Cl)c1)OCC(=O)C12CC3CC(CC(C3)C1)C2. The quantitative estimate of drug-likeness (QED) is 0.603. The lowest BCUT2D eigenvalue weighted by Crippen LogP contribution is -2.51. The average molecular weight is 458 g/mol. The fourth-order valence-corrected chi connectivity index (χ4v) is 7.14. The summed E-state index contributed by atoms with van der Waals surface area (Å²) in [5, 5.41) is -0.305. The Morgan fingerprint density at radius 1 is 1.13 bits per heavy atom. The van der Waals surface area contributed by atoms with Crippen molar-refractivity contribution in [1.29, 1.82) is 0 Å². The first-order valence-electron chi connectivity index (χ1n) is 10.3. The minimum Gasteiger partial charge on any atom is -0.458 e. The van der Waals surface area contributed by atoms with Crippen LogP contribution in [0, 0.1) is 29.0 Å². The van der Waals surface area contributed by atoms with Gasteiger partial charge in [-0.2, -0.15) is 0 Å². The highest BCUT2D eigenvalue weighted by atomic mass is 35.5. The van der Waals surface area contributed by atoms with Crippen molar-refractivity contribution < 1.29 is 27.1 Å². The number of hydrogen-bond donors (Lipinski definition) is 1. The number of Topliss-reactive ketones (excluding diaryl/α,β-unsaturated/α-hetero) is 1. The van der Waals surface area contributed by atoms with Gasteiger partial charge in [-0.05, 0) is 74.5 Å². The molecule has 0 saturated heterocycles. The summed E-state index contributed by atoms with van der Waals surface area (Å²) in [4.78, 5) is 24.7.